The van der Waals surface area contributed by atoms with Gasteiger partial charge in [0.2, 0.25) is 0 Å². The maximum Gasteiger partial charge on any atom is 0.0609 e. The molecule has 0 spiro atoms. The molecule has 1 aliphatic carbocycles. The van der Waals surface area contributed by atoms with E-state index in [0.717, 1.165) is 24.4 Å². The Morgan fingerprint density at radius 2 is 2.20 bits per heavy atom. The number of ether oxygens (including phenoxy) is 1. The Balaban J connectivity index is 1.94. The van der Waals surface area contributed by atoms with Gasteiger partial charge in [0.15, 0.2) is 0 Å². The Morgan fingerprint density at radius 3 is 2.80 bits per heavy atom. The van der Waals surface area contributed by atoms with E-state index in [1.807, 2.05) is 0 Å². The summed E-state index contributed by atoms with van der Waals surface area (Å²) in [7, 11) is 0. The quantitative estimate of drug-likeness (QED) is 0.541. The van der Waals surface area contributed by atoms with Gasteiger partial charge in [-0.05, 0) is 30.6 Å². The fourth-order valence-electron chi connectivity index (χ4n) is 2.41. The molecule has 2 aliphatic rings. The summed E-state index contributed by atoms with van der Waals surface area (Å²) < 4.78 is 5.53. The molecule has 1 heteroatoms. The summed E-state index contributed by atoms with van der Waals surface area (Å²) >= 11 is 0. The van der Waals surface area contributed by atoms with Crippen LogP contribution in [0.25, 0.3) is 0 Å². The first kappa shape index (κ1) is 6.66. The van der Waals surface area contributed by atoms with Gasteiger partial charge in [-0.1, -0.05) is 13.8 Å². The second kappa shape index (κ2) is 2.23. The van der Waals surface area contributed by atoms with Crippen molar-refractivity contribution >= 4 is 0 Å². The largest absolute Gasteiger partial charge is 0.378 e. The van der Waals surface area contributed by atoms with E-state index in [1.165, 1.54) is 12.8 Å². The van der Waals surface area contributed by atoms with Crippen LogP contribution in [-0.4, -0.2) is 12.7 Å². The fourth-order valence-corrected chi connectivity index (χ4v) is 2.41. The number of rotatable bonds is 1. The van der Waals surface area contributed by atoms with Crippen LogP contribution in [0.3, 0.4) is 0 Å². The van der Waals surface area contributed by atoms with E-state index in [0.29, 0.717) is 6.10 Å². The second-order valence-electron chi connectivity index (χ2n) is 4.01. The van der Waals surface area contributed by atoms with Gasteiger partial charge in [-0.2, -0.15) is 0 Å². The summed E-state index contributed by atoms with van der Waals surface area (Å²) in [6.07, 6.45) is 3.32. The molecule has 58 valence electrons. The summed E-state index contributed by atoms with van der Waals surface area (Å²) in [6.45, 7) is 5.69. The topological polar surface area (TPSA) is 9.23 Å². The lowest BCUT2D eigenvalue weighted by Gasteiger charge is -2.41. The van der Waals surface area contributed by atoms with E-state index in [9.17, 15) is 0 Å². The lowest BCUT2D eigenvalue weighted by Crippen LogP contribution is -2.40. The van der Waals surface area contributed by atoms with Crippen molar-refractivity contribution in [2.24, 2.45) is 17.8 Å². The maximum absolute atomic E-state index is 5.53. The van der Waals surface area contributed by atoms with Crippen molar-refractivity contribution in [1.29, 1.82) is 0 Å². The molecule has 0 aromatic heterocycles. The van der Waals surface area contributed by atoms with Crippen LogP contribution in [0.4, 0.5) is 0 Å². The molecule has 1 aliphatic heterocycles. The Morgan fingerprint density at radius 1 is 1.40 bits per heavy atom. The lowest BCUT2D eigenvalue weighted by atomic mass is 9.66. The molecule has 10 heavy (non-hydrogen) atoms. The molecule has 0 radical (unpaired) electrons. The predicted octanol–water partition coefficient (Wildman–Crippen LogP) is 2.07. The van der Waals surface area contributed by atoms with Crippen molar-refractivity contribution in [3.63, 3.8) is 0 Å². The van der Waals surface area contributed by atoms with Gasteiger partial charge in [-0.3, -0.25) is 0 Å². The summed E-state index contributed by atoms with van der Waals surface area (Å²) in [5.41, 5.74) is 0. The lowest BCUT2D eigenvalue weighted by molar-refractivity contribution is -0.0297. The van der Waals surface area contributed by atoms with Gasteiger partial charge in [0.1, 0.15) is 0 Å². The summed E-state index contributed by atoms with van der Waals surface area (Å²) in [5.74, 6) is 2.79. The van der Waals surface area contributed by atoms with Gasteiger partial charge >= 0.3 is 0 Å². The molecular weight excluding hydrogens is 124 g/mol. The van der Waals surface area contributed by atoms with Crippen molar-refractivity contribution in [2.75, 3.05) is 6.61 Å². The normalized spacial score (nSPS) is 45.3. The van der Waals surface area contributed by atoms with Gasteiger partial charge in [-0.15, -0.1) is 0 Å². The van der Waals surface area contributed by atoms with Crippen molar-refractivity contribution in [3.8, 4) is 0 Å². The van der Waals surface area contributed by atoms with Gasteiger partial charge < -0.3 is 4.74 Å². The Hall–Kier alpha value is -0.0400. The zero-order valence-corrected chi connectivity index (χ0v) is 6.84. The van der Waals surface area contributed by atoms with Gasteiger partial charge in [0, 0.05) is 6.61 Å². The zero-order chi connectivity index (χ0) is 7.14. The average Bonchev–Trinajstić information content (AvgIpc) is 2.11. The van der Waals surface area contributed by atoms with Crippen LogP contribution in [0, 0.1) is 17.8 Å². The zero-order valence-electron chi connectivity index (χ0n) is 6.84. The SMILES string of the molecule is CC(C)[C@H]1C[C@@H]2OCC[C@@H]21. The molecule has 3 atom stereocenters. The molecular formula is C9H16O. The molecule has 0 bridgehead atoms. The first-order valence-electron chi connectivity index (χ1n) is 4.40. The molecule has 0 aromatic carbocycles. The molecule has 0 aromatic rings. The summed E-state index contributed by atoms with van der Waals surface area (Å²) in [4.78, 5) is 0. The molecule has 1 saturated heterocycles. The third kappa shape index (κ3) is 0.800. The molecule has 2 fully saturated rings. The Bertz CT molecular complexity index is 131. The minimum absolute atomic E-state index is 0.660. The first-order valence-corrected chi connectivity index (χ1v) is 4.40. The van der Waals surface area contributed by atoms with E-state index in [-0.39, 0.29) is 0 Å². The highest BCUT2D eigenvalue weighted by atomic mass is 16.5. The second-order valence-corrected chi connectivity index (χ2v) is 4.01. The number of hydrogen-bond donors (Lipinski definition) is 0. The number of hydrogen-bond acceptors (Lipinski definition) is 1. The van der Waals surface area contributed by atoms with E-state index in [4.69, 9.17) is 4.74 Å². The highest BCUT2D eigenvalue weighted by Crippen LogP contribution is 2.46. The van der Waals surface area contributed by atoms with Crippen molar-refractivity contribution in [2.45, 2.75) is 32.8 Å². The average molecular weight is 140 g/mol. The monoisotopic (exact) mass is 140 g/mol. The summed E-state index contributed by atoms with van der Waals surface area (Å²) in [6, 6.07) is 0. The van der Waals surface area contributed by atoms with Gasteiger partial charge in [0.05, 0.1) is 6.10 Å². The molecule has 2 rings (SSSR count). The molecule has 0 unspecified atom stereocenters. The minimum atomic E-state index is 0.660. The maximum atomic E-state index is 5.53. The third-order valence-corrected chi connectivity index (χ3v) is 3.17. The molecule has 1 nitrogen and oxygen atoms in total. The summed E-state index contributed by atoms with van der Waals surface area (Å²) in [5, 5.41) is 0. The smallest absolute Gasteiger partial charge is 0.0609 e. The molecule has 1 saturated carbocycles. The van der Waals surface area contributed by atoms with Crippen LogP contribution < -0.4 is 0 Å². The van der Waals surface area contributed by atoms with Gasteiger partial charge in [0.25, 0.3) is 0 Å². The minimum Gasteiger partial charge on any atom is -0.378 e. The Labute approximate surface area is 62.8 Å². The van der Waals surface area contributed by atoms with Crippen LogP contribution in [0.1, 0.15) is 26.7 Å². The highest BCUT2D eigenvalue weighted by molar-refractivity contribution is 4.94. The molecule has 0 N–H and O–H groups in total. The van der Waals surface area contributed by atoms with Gasteiger partial charge in [-0.25, -0.2) is 0 Å². The van der Waals surface area contributed by atoms with Crippen LogP contribution in [0.2, 0.25) is 0 Å². The number of fused-ring (bicyclic) bond motifs is 1. The standard InChI is InChI=1S/C9H16O/c1-6(2)8-5-9-7(8)3-4-10-9/h6-9H,3-5H2,1-2H3/t7-,8-,9+/m1/s1. The molecule has 1 heterocycles. The van der Waals surface area contributed by atoms with E-state index in [2.05, 4.69) is 13.8 Å². The van der Waals surface area contributed by atoms with E-state index in [1.54, 1.807) is 0 Å². The van der Waals surface area contributed by atoms with Crippen LogP contribution in [0.15, 0.2) is 0 Å². The van der Waals surface area contributed by atoms with Crippen molar-refractivity contribution in [3.05, 3.63) is 0 Å². The Kier molecular flexibility index (Phi) is 1.48. The van der Waals surface area contributed by atoms with Crippen LogP contribution in [-0.2, 0) is 4.74 Å². The van der Waals surface area contributed by atoms with E-state index < -0.39 is 0 Å². The van der Waals surface area contributed by atoms with E-state index >= 15 is 0 Å². The van der Waals surface area contributed by atoms with Crippen LogP contribution in [0.5, 0.6) is 0 Å². The first-order chi connectivity index (χ1) is 4.79. The third-order valence-electron chi connectivity index (χ3n) is 3.17. The van der Waals surface area contributed by atoms with Crippen molar-refractivity contribution in [1.82, 2.24) is 0 Å². The molecule has 0 amide bonds. The fraction of sp³-hybridized carbons (Fsp3) is 1.00. The van der Waals surface area contributed by atoms with Crippen molar-refractivity contribution < 1.29 is 4.74 Å². The predicted molar refractivity (Wildman–Crippen MR) is 40.8 cm³/mol. The highest BCUT2D eigenvalue weighted by Gasteiger charge is 2.45. The van der Waals surface area contributed by atoms with Crippen LogP contribution >= 0.6 is 0 Å².